The van der Waals surface area contributed by atoms with Crippen LogP contribution in [0.2, 0.25) is 0 Å². The Hall–Kier alpha value is -2.33. The number of ether oxygens (including phenoxy) is 1. The second-order valence-electron chi connectivity index (χ2n) is 8.39. The lowest BCUT2D eigenvalue weighted by molar-refractivity contribution is -0.123. The van der Waals surface area contributed by atoms with Gasteiger partial charge >= 0.3 is 0 Å². The van der Waals surface area contributed by atoms with E-state index in [2.05, 4.69) is 63.8 Å². The molecule has 3 rings (SSSR count). The van der Waals surface area contributed by atoms with Crippen LogP contribution in [0.25, 0.3) is 0 Å². The summed E-state index contributed by atoms with van der Waals surface area (Å²) in [7, 11) is 3.46. The van der Waals surface area contributed by atoms with Crippen LogP contribution in [-0.2, 0) is 24.4 Å². The number of carbonyl (C=O) groups excluding carboxylic acids is 1. The summed E-state index contributed by atoms with van der Waals surface area (Å²) in [6, 6.07) is 14.7. The van der Waals surface area contributed by atoms with E-state index in [1.807, 2.05) is 6.07 Å². The Labute approximate surface area is 214 Å². The smallest absolute Gasteiger partial charge is 0.221 e. The van der Waals surface area contributed by atoms with Crippen LogP contribution in [0.15, 0.2) is 47.5 Å². The molecule has 0 radical (unpaired) electrons. The number of nitrogens with zero attached hydrogens (tertiary/aromatic N) is 2. The van der Waals surface area contributed by atoms with Crippen molar-refractivity contribution in [3.63, 3.8) is 0 Å². The fourth-order valence-corrected chi connectivity index (χ4v) is 4.11. The van der Waals surface area contributed by atoms with Gasteiger partial charge in [-0.15, -0.1) is 24.0 Å². The van der Waals surface area contributed by atoms with Crippen LogP contribution < -0.4 is 21.1 Å². The van der Waals surface area contributed by atoms with Crippen LogP contribution in [0.5, 0.6) is 5.75 Å². The van der Waals surface area contributed by atoms with Crippen LogP contribution >= 0.6 is 24.0 Å². The van der Waals surface area contributed by atoms with Crippen molar-refractivity contribution >= 4 is 35.8 Å². The molecule has 1 fully saturated rings. The lowest BCUT2D eigenvalue weighted by Gasteiger charge is -2.31. The Balaban J connectivity index is 0.00000385. The number of hydrogen-bond acceptors (Lipinski definition) is 4. The van der Waals surface area contributed by atoms with Gasteiger partial charge in [0.25, 0.3) is 0 Å². The first kappa shape index (κ1) is 26.9. The van der Waals surface area contributed by atoms with Gasteiger partial charge in [-0.05, 0) is 49.1 Å². The van der Waals surface area contributed by atoms with Gasteiger partial charge in [0.2, 0.25) is 5.91 Å². The molecule has 1 aliphatic rings. The minimum Gasteiger partial charge on any atom is -0.496 e. The van der Waals surface area contributed by atoms with Crippen molar-refractivity contribution in [3.8, 4) is 5.75 Å². The van der Waals surface area contributed by atoms with Crippen LogP contribution in [0, 0.1) is 12.8 Å². The predicted molar refractivity (Wildman–Crippen MR) is 144 cm³/mol. The molecule has 0 spiro atoms. The third kappa shape index (κ3) is 8.19. The summed E-state index contributed by atoms with van der Waals surface area (Å²) in [5.74, 6) is 1.39. The topological polar surface area (TPSA) is 92.0 Å². The Morgan fingerprint density at radius 2 is 1.94 bits per heavy atom. The highest BCUT2D eigenvalue weighted by Gasteiger charge is 2.23. The molecule has 1 unspecified atom stereocenters. The zero-order valence-corrected chi connectivity index (χ0v) is 22.1. The summed E-state index contributed by atoms with van der Waals surface area (Å²) in [5.41, 5.74) is 10.2. The van der Waals surface area contributed by atoms with Gasteiger partial charge in [0.05, 0.1) is 13.0 Å². The van der Waals surface area contributed by atoms with Gasteiger partial charge in [-0.2, -0.15) is 0 Å². The van der Waals surface area contributed by atoms with Crippen LogP contribution in [0.4, 0.5) is 0 Å². The Morgan fingerprint density at radius 1 is 1.18 bits per heavy atom. The van der Waals surface area contributed by atoms with Gasteiger partial charge in [0, 0.05) is 38.8 Å². The van der Waals surface area contributed by atoms with E-state index >= 15 is 0 Å². The van der Waals surface area contributed by atoms with Gasteiger partial charge in [-0.1, -0.05) is 36.4 Å². The first-order chi connectivity index (χ1) is 15.5. The summed E-state index contributed by atoms with van der Waals surface area (Å²) in [6.07, 6.45) is 1.92. The van der Waals surface area contributed by atoms with Crippen molar-refractivity contribution in [1.29, 1.82) is 0 Å². The van der Waals surface area contributed by atoms with Crippen LogP contribution in [0.3, 0.4) is 0 Å². The number of primary amides is 1. The fourth-order valence-electron chi connectivity index (χ4n) is 4.11. The summed E-state index contributed by atoms with van der Waals surface area (Å²) in [5, 5.41) is 6.73. The third-order valence-corrected chi connectivity index (χ3v) is 5.88. The number of hydrogen-bond donors (Lipinski definition) is 3. The normalized spacial score (nSPS) is 16.6. The first-order valence-corrected chi connectivity index (χ1v) is 11.2. The molecule has 180 valence electrons. The average molecular weight is 566 g/mol. The summed E-state index contributed by atoms with van der Waals surface area (Å²) < 4.78 is 5.49. The second-order valence-corrected chi connectivity index (χ2v) is 8.39. The van der Waals surface area contributed by atoms with Crippen molar-refractivity contribution in [3.05, 3.63) is 64.7 Å². The highest BCUT2D eigenvalue weighted by Crippen LogP contribution is 2.20. The lowest BCUT2D eigenvalue weighted by atomic mass is 9.97. The molecule has 0 aromatic heterocycles. The van der Waals surface area contributed by atoms with Gasteiger partial charge in [0.15, 0.2) is 5.96 Å². The number of nitrogens with two attached hydrogens (primary N) is 1. The maximum Gasteiger partial charge on any atom is 0.221 e. The van der Waals surface area contributed by atoms with Crippen molar-refractivity contribution < 1.29 is 9.53 Å². The SMILES string of the molecule is CN=C(NCc1cccc(CN2CCCC(C(N)=O)C2)c1)NCc1ccc(C)cc1OC.I. The molecule has 0 saturated carbocycles. The van der Waals surface area contributed by atoms with E-state index < -0.39 is 0 Å². The molecule has 4 N–H and O–H groups in total. The number of methoxy groups -OCH3 is 1. The Bertz CT molecular complexity index is 950. The maximum absolute atomic E-state index is 11.5. The van der Waals surface area contributed by atoms with E-state index in [1.54, 1.807) is 14.2 Å². The molecule has 1 saturated heterocycles. The number of halogens is 1. The molecular weight excluding hydrogens is 529 g/mol. The maximum atomic E-state index is 11.5. The number of rotatable bonds is 8. The number of benzene rings is 2. The molecule has 33 heavy (non-hydrogen) atoms. The standard InChI is InChI=1S/C25H35N5O2.HI/c1-18-9-10-21(23(12-18)32-3)15-29-25(27-2)28-14-19-6-4-7-20(13-19)16-30-11-5-8-22(17-30)24(26)31;/h4,6-7,9-10,12-13,22H,5,8,11,14-17H2,1-3H3,(H2,26,31)(H2,27,28,29);1H. The number of amides is 1. The second kappa shape index (κ2) is 13.4. The van der Waals surface area contributed by atoms with Gasteiger partial charge in [-0.25, -0.2) is 0 Å². The van der Waals surface area contributed by atoms with Crippen LogP contribution in [0.1, 0.15) is 35.1 Å². The minimum atomic E-state index is -0.185. The number of carbonyl (C=O) groups is 1. The zero-order chi connectivity index (χ0) is 22.9. The van der Waals surface area contributed by atoms with Crippen molar-refractivity contribution in [2.75, 3.05) is 27.2 Å². The van der Waals surface area contributed by atoms with Crippen LogP contribution in [-0.4, -0.2) is 44.0 Å². The quantitative estimate of drug-likeness (QED) is 0.260. The lowest BCUT2D eigenvalue weighted by Crippen LogP contribution is -2.40. The highest BCUT2D eigenvalue weighted by atomic mass is 127. The average Bonchev–Trinajstić information content (AvgIpc) is 2.80. The molecule has 8 heteroatoms. The molecule has 1 heterocycles. The zero-order valence-electron chi connectivity index (χ0n) is 19.8. The van der Waals surface area contributed by atoms with E-state index in [9.17, 15) is 4.79 Å². The number of piperidine rings is 1. The molecule has 0 bridgehead atoms. The number of nitrogens with one attached hydrogen (secondary N) is 2. The van der Waals surface area contributed by atoms with Gasteiger partial charge in [0.1, 0.15) is 5.75 Å². The summed E-state index contributed by atoms with van der Waals surface area (Å²) in [4.78, 5) is 18.2. The van der Waals surface area contributed by atoms with Crippen molar-refractivity contribution in [2.45, 2.75) is 39.4 Å². The van der Waals surface area contributed by atoms with E-state index in [1.165, 1.54) is 16.7 Å². The Kier molecular flexibility index (Phi) is 10.9. The predicted octanol–water partition coefficient (Wildman–Crippen LogP) is 3.18. The monoisotopic (exact) mass is 565 g/mol. The molecule has 1 aliphatic heterocycles. The van der Waals surface area contributed by atoms with Crippen molar-refractivity contribution in [2.24, 2.45) is 16.6 Å². The first-order valence-electron chi connectivity index (χ1n) is 11.2. The Morgan fingerprint density at radius 3 is 2.67 bits per heavy atom. The van der Waals surface area contributed by atoms with Gasteiger partial charge < -0.3 is 21.1 Å². The molecular formula is C25H36IN5O2. The highest BCUT2D eigenvalue weighted by molar-refractivity contribution is 14.0. The fraction of sp³-hybridized carbons (Fsp3) is 0.440. The largest absolute Gasteiger partial charge is 0.496 e. The molecule has 2 aromatic carbocycles. The van der Waals surface area contributed by atoms with Gasteiger partial charge in [-0.3, -0.25) is 14.7 Å². The molecule has 0 aliphatic carbocycles. The van der Waals surface area contributed by atoms with E-state index in [0.717, 1.165) is 49.7 Å². The number of likely N-dealkylation sites (tertiary alicyclic amines) is 1. The minimum absolute atomic E-state index is 0. The van der Waals surface area contributed by atoms with Crippen molar-refractivity contribution in [1.82, 2.24) is 15.5 Å². The molecule has 1 atom stereocenters. The third-order valence-electron chi connectivity index (χ3n) is 5.88. The number of guanidine groups is 1. The number of aliphatic imine (C=N–C) groups is 1. The van der Waals surface area contributed by atoms with E-state index in [0.29, 0.717) is 13.1 Å². The number of aryl methyl sites for hydroxylation is 1. The van der Waals surface area contributed by atoms with E-state index in [-0.39, 0.29) is 35.8 Å². The summed E-state index contributed by atoms with van der Waals surface area (Å²) >= 11 is 0. The molecule has 2 aromatic rings. The summed E-state index contributed by atoms with van der Waals surface area (Å²) in [6.45, 7) is 5.93. The van der Waals surface area contributed by atoms with E-state index in [4.69, 9.17) is 10.5 Å². The molecule has 1 amide bonds. The molecule has 7 nitrogen and oxygen atoms in total.